The van der Waals surface area contributed by atoms with Gasteiger partial charge in [0.2, 0.25) is 0 Å². The lowest BCUT2D eigenvalue weighted by Gasteiger charge is -2.24. The lowest BCUT2D eigenvalue weighted by molar-refractivity contribution is -0.274. The number of hydrogen-bond donors (Lipinski definition) is 2. The van der Waals surface area contributed by atoms with Gasteiger partial charge in [-0.15, -0.1) is 18.3 Å². The average Bonchev–Trinajstić information content (AvgIpc) is 3.19. The van der Waals surface area contributed by atoms with E-state index in [2.05, 4.69) is 25.1 Å². The predicted molar refractivity (Wildman–Crippen MR) is 111 cm³/mol. The summed E-state index contributed by atoms with van der Waals surface area (Å²) in [5.41, 5.74) is 2.55. The molecule has 1 unspecified atom stereocenters. The number of fused-ring (bicyclic) bond motifs is 2. The molecular formula is C22H18F3N5O2. The van der Waals surface area contributed by atoms with Gasteiger partial charge in [0.15, 0.2) is 11.3 Å². The van der Waals surface area contributed by atoms with Crippen LogP contribution in [0.15, 0.2) is 53.3 Å². The summed E-state index contributed by atoms with van der Waals surface area (Å²) in [4.78, 5) is 20.6. The molecule has 3 heterocycles. The minimum absolute atomic E-state index is 0.0701. The van der Waals surface area contributed by atoms with Gasteiger partial charge in [-0.05, 0) is 36.8 Å². The van der Waals surface area contributed by atoms with Crippen molar-refractivity contribution in [3.05, 3.63) is 75.7 Å². The van der Waals surface area contributed by atoms with Gasteiger partial charge in [0.25, 0.3) is 0 Å². The number of nitrogens with zero attached hydrogens (tertiary/aromatic N) is 3. The van der Waals surface area contributed by atoms with Crippen molar-refractivity contribution in [2.75, 3.05) is 0 Å². The molecule has 7 nitrogen and oxygen atoms in total. The van der Waals surface area contributed by atoms with Crippen molar-refractivity contribution >= 4 is 10.9 Å². The highest BCUT2D eigenvalue weighted by atomic mass is 19.4. The van der Waals surface area contributed by atoms with E-state index in [4.69, 9.17) is 0 Å². The molecule has 0 fully saturated rings. The topological polar surface area (TPSA) is 84.8 Å². The van der Waals surface area contributed by atoms with Crippen LogP contribution in [-0.2, 0) is 13.1 Å². The molecule has 0 aliphatic carbocycles. The normalized spacial score (nSPS) is 16.2. The fraction of sp³-hybridized carbons (Fsp3) is 0.227. The molecule has 2 aromatic carbocycles. The first-order valence-corrected chi connectivity index (χ1v) is 9.93. The number of nitrogens with one attached hydrogen (secondary N) is 2. The number of pyridine rings is 1. The van der Waals surface area contributed by atoms with Crippen LogP contribution in [-0.4, -0.2) is 26.1 Å². The van der Waals surface area contributed by atoms with Crippen LogP contribution in [0, 0.1) is 6.92 Å². The zero-order valence-corrected chi connectivity index (χ0v) is 16.9. The second kappa shape index (κ2) is 7.49. The predicted octanol–water partition coefficient (Wildman–Crippen LogP) is 3.84. The maximum absolute atomic E-state index is 12.7. The molecular weight excluding hydrogens is 423 g/mol. The van der Waals surface area contributed by atoms with E-state index in [1.165, 1.54) is 12.1 Å². The number of alkyl halides is 3. The molecule has 32 heavy (non-hydrogen) atoms. The summed E-state index contributed by atoms with van der Waals surface area (Å²) < 4.78 is 42.8. The standard InChI is InChI=1S/C22H18F3N5O2/c1-12-19(27-16-5-3-2-4-15(16)20(12)31)21-28-18-10-26-17(11-30(18)29-21)13-6-8-14(9-7-13)32-22(23,24)25/h2-9,17,26H,10-11H2,1H3,(H,27,31). The Hall–Kier alpha value is -3.66. The Morgan fingerprint density at radius 3 is 2.62 bits per heavy atom. The minimum Gasteiger partial charge on any atom is -0.406 e. The molecule has 10 heteroatoms. The number of rotatable bonds is 3. The summed E-state index contributed by atoms with van der Waals surface area (Å²) in [7, 11) is 0. The van der Waals surface area contributed by atoms with Gasteiger partial charge < -0.3 is 15.0 Å². The van der Waals surface area contributed by atoms with E-state index in [9.17, 15) is 18.0 Å². The van der Waals surface area contributed by atoms with Crippen LogP contribution in [0.4, 0.5) is 13.2 Å². The number of aromatic nitrogens is 4. The van der Waals surface area contributed by atoms with Gasteiger partial charge in [0.05, 0.1) is 24.8 Å². The summed E-state index contributed by atoms with van der Waals surface area (Å²) in [5.74, 6) is 0.870. The van der Waals surface area contributed by atoms with Crippen molar-refractivity contribution in [3.63, 3.8) is 0 Å². The first kappa shape index (κ1) is 20.3. The molecule has 4 aromatic rings. The lowest BCUT2D eigenvalue weighted by Crippen LogP contribution is -2.32. The Labute approximate surface area is 179 Å². The van der Waals surface area contributed by atoms with Crippen LogP contribution in [0.3, 0.4) is 0 Å². The third kappa shape index (κ3) is 3.73. The van der Waals surface area contributed by atoms with E-state index < -0.39 is 6.36 Å². The molecule has 0 amide bonds. The SMILES string of the molecule is Cc1c(-c2nc3n(n2)CC(c2ccc(OC(F)(F)F)cc2)NC3)[nH]c2ccccc2c1=O. The fourth-order valence-electron chi connectivity index (χ4n) is 3.89. The zero-order chi connectivity index (χ0) is 22.5. The number of H-pyrrole nitrogens is 1. The van der Waals surface area contributed by atoms with Gasteiger partial charge in [-0.1, -0.05) is 24.3 Å². The number of hydrogen-bond acceptors (Lipinski definition) is 5. The van der Waals surface area contributed by atoms with Crippen molar-refractivity contribution < 1.29 is 17.9 Å². The number of ether oxygens (including phenoxy) is 1. The second-order valence-corrected chi connectivity index (χ2v) is 7.58. The Morgan fingerprint density at radius 2 is 1.88 bits per heavy atom. The maximum Gasteiger partial charge on any atom is 0.573 e. The number of para-hydroxylation sites is 1. The third-order valence-electron chi connectivity index (χ3n) is 5.50. The first-order valence-electron chi connectivity index (χ1n) is 9.93. The Morgan fingerprint density at radius 1 is 1.12 bits per heavy atom. The Bertz CT molecular complexity index is 1360. The van der Waals surface area contributed by atoms with Crippen LogP contribution >= 0.6 is 0 Å². The smallest absolute Gasteiger partial charge is 0.406 e. The van der Waals surface area contributed by atoms with Crippen molar-refractivity contribution in [3.8, 4) is 17.3 Å². The second-order valence-electron chi connectivity index (χ2n) is 7.58. The summed E-state index contributed by atoms with van der Waals surface area (Å²) in [6.45, 7) is 2.61. The zero-order valence-electron chi connectivity index (χ0n) is 16.9. The maximum atomic E-state index is 12.7. The highest BCUT2D eigenvalue weighted by Gasteiger charge is 2.31. The molecule has 5 rings (SSSR count). The fourth-order valence-corrected chi connectivity index (χ4v) is 3.89. The third-order valence-corrected chi connectivity index (χ3v) is 5.50. The van der Waals surface area contributed by atoms with E-state index in [1.54, 1.807) is 29.8 Å². The molecule has 0 bridgehead atoms. The summed E-state index contributed by atoms with van der Waals surface area (Å²) in [6, 6.07) is 12.9. The van der Waals surface area contributed by atoms with Crippen molar-refractivity contribution in [2.24, 2.45) is 0 Å². The Kier molecular flexibility index (Phi) is 4.74. The molecule has 0 saturated carbocycles. The van der Waals surface area contributed by atoms with Crippen LogP contribution < -0.4 is 15.5 Å². The molecule has 164 valence electrons. The molecule has 0 radical (unpaired) electrons. The van der Waals surface area contributed by atoms with Crippen LogP contribution in [0.2, 0.25) is 0 Å². The summed E-state index contributed by atoms with van der Waals surface area (Å²) >= 11 is 0. The van der Waals surface area contributed by atoms with Gasteiger partial charge in [0, 0.05) is 16.5 Å². The molecule has 1 atom stereocenters. The molecule has 2 aromatic heterocycles. The quantitative estimate of drug-likeness (QED) is 0.505. The number of halogens is 3. The van der Waals surface area contributed by atoms with E-state index in [1.807, 2.05) is 18.2 Å². The van der Waals surface area contributed by atoms with Crippen LogP contribution in [0.5, 0.6) is 5.75 Å². The monoisotopic (exact) mass is 441 g/mol. The van der Waals surface area contributed by atoms with E-state index >= 15 is 0 Å². The highest BCUT2D eigenvalue weighted by Crippen LogP contribution is 2.27. The highest BCUT2D eigenvalue weighted by molar-refractivity contribution is 5.82. The van der Waals surface area contributed by atoms with Crippen LogP contribution in [0.25, 0.3) is 22.4 Å². The molecule has 1 aliphatic heterocycles. The van der Waals surface area contributed by atoms with Gasteiger partial charge >= 0.3 is 6.36 Å². The van der Waals surface area contributed by atoms with Crippen LogP contribution in [0.1, 0.15) is 23.0 Å². The minimum atomic E-state index is -4.72. The number of aromatic amines is 1. The van der Waals surface area contributed by atoms with E-state index in [0.29, 0.717) is 46.9 Å². The molecule has 0 saturated heterocycles. The largest absolute Gasteiger partial charge is 0.573 e. The Balaban J connectivity index is 1.42. The first-order chi connectivity index (χ1) is 15.3. The van der Waals surface area contributed by atoms with Crippen molar-refractivity contribution in [2.45, 2.75) is 32.4 Å². The molecule has 2 N–H and O–H groups in total. The van der Waals surface area contributed by atoms with Gasteiger partial charge in [0.1, 0.15) is 11.6 Å². The van der Waals surface area contributed by atoms with Crippen molar-refractivity contribution in [1.29, 1.82) is 0 Å². The summed E-state index contributed by atoms with van der Waals surface area (Å²) in [6.07, 6.45) is -4.72. The molecule has 1 aliphatic rings. The van der Waals surface area contributed by atoms with Crippen molar-refractivity contribution in [1.82, 2.24) is 25.1 Å². The van der Waals surface area contributed by atoms with E-state index in [-0.39, 0.29) is 17.2 Å². The summed E-state index contributed by atoms with van der Waals surface area (Å²) in [5, 5.41) is 8.52. The van der Waals surface area contributed by atoms with E-state index in [0.717, 1.165) is 5.56 Å². The van der Waals surface area contributed by atoms with Gasteiger partial charge in [-0.2, -0.15) is 0 Å². The lowest BCUT2D eigenvalue weighted by atomic mass is 10.1. The molecule has 0 spiro atoms. The van der Waals surface area contributed by atoms with Gasteiger partial charge in [-0.3, -0.25) is 4.79 Å². The number of benzene rings is 2. The average molecular weight is 441 g/mol. The van der Waals surface area contributed by atoms with Gasteiger partial charge in [-0.25, -0.2) is 9.67 Å².